The largest absolute Gasteiger partial charge is 0.409 e. The number of carbonyl (C=O) groups excluding carboxylic acids is 1. The molecule has 0 spiro atoms. The monoisotopic (exact) mass is 307 g/mol. The van der Waals surface area contributed by atoms with Crippen molar-refractivity contribution in [1.29, 1.82) is 0 Å². The first-order valence-corrected chi connectivity index (χ1v) is 4.83. The number of alkyl halides is 6. The molecule has 1 aromatic rings. The van der Waals surface area contributed by atoms with E-state index in [1.807, 2.05) is 0 Å². The zero-order valence-corrected chi connectivity index (χ0v) is 9.24. The van der Waals surface area contributed by atoms with Crippen LogP contribution in [-0.4, -0.2) is 18.3 Å². The molecule has 0 saturated heterocycles. The van der Waals surface area contributed by atoms with Crippen molar-refractivity contribution >= 4 is 11.6 Å². The lowest BCUT2D eigenvalue weighted by molar-refractivity contribution is -0.272. The zero-order chi connectivity index (χ0) is 15.7. The van der Waals surface area contributed by atoms with Crippen LogP contribution in [0.1, 0.15) is 0 Å². The van der Waals surface area contributed by atoms with Gasteiger partial charge in [0.05, 0.1) is 0 Å². The standard InChI is InChI=1S/C10H5F8NO/c11-4-2-1-3-5(12)6(4)19-8(20)7(9(13,14)15)10(16,17)18/h1-3,7H,(H,19,20). The number of hydrogen-bond acceptors (Lipinski definition) is 1. The molecule has 112 valence electrons. The first kappa shape index (κ1) is 16.2. The quantitative estimate of drug-likeness (QED) is 0.830. The highest BCUT2D eigenvalue weighted by Gasteiger charge is 2.61. The van der Waals surface area contributed by atoms with Crippen molar-refractivity contribution in [3.8, 4) is 0 Å². The summed E-state index contributed by atoms with van der Waals surface area (Å²) < 4.78 is 99.3. The molecule has 1 N–H and O–H groups in total. The van der Waals surface area contributed by atoms with Gasteiger partial charge >= 0.3 is 12.4 Å². The number of para-hydroxylation sites is 1. The molecular weight excluding hydrogens is 302 g/mol. The van der Waals surface area contributed by atoms with Gasteiger partial charge in [0.2, 0.25) is 11.8 Å². The maximum Gasteiger partial charge on any atom is 0.409 e. The van der Waals surface area contributed by atoms with Crippen LogP contribution < -0.4 is 5.32 Å². The summed E-state index contributed by atoms with van der Waals surface area (Å²) in [6.07, 6.45) is -11.9. The van der Waals surface area contributed by atoms with Crippen molar-refractivity contribution in [1.82, 2.24) is 0 Å². The SMILES string of the molecule is O=C(Nc1c(F)cccc1F)C(C(F)(F)F)C(F)(F)F. The predicted octanol–water partition coefficient (Wildman–Crippen LogP) is 3.64. The minimum atomic E-state index is -5.94. The molecule has 0 radical (unpaired) electrons. The number of amides is 1. The summed E-state index contributed by atoms with van der Waals surface area (Å²) in [5.74, 6) is -9.99. The van der Waals surface area contributed by atoms with Crippen LogP contribution in [0.3, 0.4) is 0 Å². The van der Waals surface area contributed by atoms with E-state index in [4.69, 9.17) is 0 Å². The van der Waals surface area contributed by atoms with Crippen molar-refractivity contribution in [2.24, 2.45) is 5.92 Å². The highest BCUT2D eigenvalue weighted by molar-refractivity contribution is 5.93. The fourth-order valence-electron chi connectivity index (χ4n) is 1.30. The zero-order valence-electron chi connectivity index (χ0n) is 9.24. The number of hydrogen-bond donors (Lipinski definition) is 1. The highest BCUT2D eigenvalue weighted by atomic mass is 19.4. The Morgan fingerprint density at radius 2 is 1.35 bits per heavy atom. The minimum absolute atomic E-state index is 0.564. The fraction of sp³-hybridized carbons (Fsp3) is 0.300. The smallest absolute Gasteiger partial charge is 0.320 e. The van der Waals surface area contributed by atoms with E-state index in [2.05, 4.69) is 0 Å². The summed E-state index contributed by atoms with van der Waals surface area (Å²) in [5.41, 5.74) is -1.38. The molecule has 0 aliphatic heterocycles. The molecule has 20 heavy (non-hydrogen) atoms. The van der Waals surface area contributed by atoms with Crippen LogP contribution in [0.25, 0.3) is 0 Å². The predicted molar refractivity (Wildman–Crippen MR) is 50.6 cm³/mol. The van der Waals surface area contributed by atoms with Crippen LogP contribution in [-0.2, 0) is 4.79 Å². The van der Waals surface area contributed by atoms with E-state index in [-0.39, 0.29) is 0 Å². The third-order valence-electron chi connectivity index (χ3n) is 2.13. The average Bonchev–Trinajstić information content (AvgIpc) is 2.19. The average molecular weight is 307 g/mol. The van der Waals surface area contributed by atoms with Crippen LogP contribution in [0, 0.1) is 17.6 Å². The number of carbonyl (C=O) groups is 1. The molecule has 0 fully saturated rings. The van der Waals surface area contributed by atoms with E-state index in [0.717, 1.165) is 11.4 Å². The normalized spacial score (nSPS) is 12.7. The van der Waals surface area contributed by atoms with Crippen LogP contribution >= 0.6 is 0 Å². The highest BCUT2D eigenvalue weighted by Crippen LogP contribution is 2.40. The van der Waals surface area contributed by atoms with Crippen molar-refractivity contribution < 1.29 is 39.9 Å². The first-order chi connectivity index (χ1) is 8.94. The second-order valence-electron chi connectivity index (χ2n) is 3.60. The van der Waals surface area contributed by atoms with Crippen molar-refractivity contribution in [2.45, 2.75) is 12.4 Å². The van der Waals surface area contributed by atoms with Crippen molar-refractivity contribution in [2.75, 3.05) is 5.32 Å². The van der Waals surface area contributed by atoms with E-state index >= 15 is 0 Å². The molecule has 2 nitrogen and oxygen atoms in total. The molecule has 0 bridgehead atoms. The van der Waals surface area contributed by atoms with Crippen molar-refractivity contribution in [3.05, 3.63) is 29.8 Å². The van der Waals surface area contributed by atoms with Crippen LogP contribution in [0.5, 0.6) is 0 Å². The third-order valence-corrected chi connectivity index (χ3v) is 2.13. The van der Waals surface area contributed by atoms with Crippen LogP contribution in [0.15, 0.2) is 18.2 Å². The molecule has 0 aliphatic carbocycles. The number of halogens is 8. The molecule has 1 rings (SSSR count). The Morgan fingerprint density at radius 1 is 0.950 bits per heavy atom. The summed E-state index contributed by atoms with van der Waals surface area (Å²) in [6.45, 7) is 0. The molecule has 1 amide bonds. The minimum Gasteiger partial charge on any atom is -0.320 e. The van der Waals surface area contributed by atoms with Gasteiger partial charge < -0.3 is 5.32 Å². The first-order valence-electron chi connectivity index (χ1n) is 4.83. The van der Waals surface area contributed by atoms with E-state index in [1.165, 1.54) is 0 Å². The fourth-order valence-corrected chi connectivity index (χ4v) is 1.30. The molecule has 10 heteroatoms. The lowest BCUT2D eigenvalue weighted by Crippen LogP contribution is -2.45. The topological polar surface area (TPSA) is 29.1 Å². The van der Waals surface area contributed by atoms with Crippen molar-refractivity contribution in [3.63, 3.8) is 0 Å². The Morgan fingerprint density at radius 3 is 1.70 bits per heavy atom. The van der Waals surface area contributed by atoms with Crippen LogP contribution in [0.2, 0.25) is 0 Å². The summed E-state index contributed by atoms with van der Waals surface area (Å²) in [4.78, 5) is 11.0. The van der Waals surface area contributed by atoms with Gasteiger partial charge in [0, 0.05) is 0 Å². The molecule has 0 unspecified atom stereocenters. The van der Waals surface area contributed by atoms with Gasteiger partial charge in [0.1, 0.15) is 17.3 Å². The van der Waals surface area contributed by atoms with E-state index in [9.17, 15) is 39.9 Å². The molecule has 1 aromatic carbocycles. The second-order valence-corrected chi connectivity index (χ2v) is 3.60. The van der Waals surface area contributed by atoms with Gasteiger partial charge in [0.25, 0.3) is 0 Å². The molecule has 0 heterocycles. The lowest BCUT2D eigenvalue weighted by atomic mass is 10.1. The summed E-state index contributed by atoms with van der Waals surface area (Å²) >= 11 is 0. The summed E-state index contributed by atoms with van der Waals surface area (Å²) in [7, 11) is 0. The summed E-state index contributed by atoms with van der Waals surface area (Å²) in [5, 5.41) is 0.963. The van der Waals surface area contributed by atoms with E-state index in [1.54, 1.807) is 0 Å². The van der Waals surface area contributed by atoms with Crippen LogP contribution in [0.4, 0.5) is 40.8 Å². The lowest BCUT2D eigenvalue weighted by Gasteiger charge is -2.22. The maximum absolute atomic E-state index is 13.1. The van der Waals surface area contributed by atoms with Gasteiger partial charge in [-0.1, -0.05) is 6.07 Å². The molecule has 0 atom stereocenters. The Bertz CT molecular complexity index is 473. The van der Waals surface area contributed by atoms with Gasteiger partial charge in [-0.15, -0.1) is 0 Å². The van der Waals surface area contributed by atoms with Gasteiger partial charge in [-0.2, -0.15) is 26.3 Å². The Kier molecular flexibility index (Phi) is 4.25. The molecule has 0 aliphatic rings. The number of nitrogens with one attached hydrogen (secondary N) is 1. The molecule has 0 aromatic heterocycles. The number of anilines is 1. The Labute approximate surface area is 106 Å². The number of benzene rings is 1. The van der Waals surface area contributed by atoms with Gasteiger partial charge in [-0.05, 0) is 12.1 Å². The van der Waals surface area contributed by atoms with Gasteiger partial charge in [-0.25, -0.2) is 8.78 Å². The Hall–Kier alpha value is -1.87. The second kappa shape index (κ2) is 5.25. The van der Waals surface area contributed by atoms with Gasteiger partial charge in [0.15, 0.2) is 0 Å². The molecular formula is C10H5F8NO. The summed E-state index contributed by atoms with van der Waals surface area (Å²) in [6, 6.07) is 1.95. The number of rotatable bonds is 2. The third kappa shape index (κ3) is 3.58. The Balaban J connectivity index is 3.11. The van der Waals surface area contributed by atoms with Gasteiger partial charge in [-0.3, -0.25) is 4.79 Å². The molecule has 0 saturated carbocycles. The maximum atomic E-state index is 13.1. The van der Waals surface area contributed by atoms with E-state index in [0.29, 0.717) is 12.1 Å². The van der Waals surface area contributed by atoms with E-state index < -0.39 is 41.5 Å².